The van der Waals surface area contributed by atoms with Crippen molar-refractivity contribution in [1.82, 2.24) is 30.2 Å². The molecule has 53 heavy (non-hydrogen) atoms. The average molecular weight is 755 g/mol. The molecule has 4 amide bonds. The van der Waals surface area contributed by atoms with Crippen molar-refractivity contribution in [2.45, 2.75) is 126 Å². The van der Waals surface area contributed by atoms with Crippen LogP contribution in [0, 0.1) is 12.8 Å². The summed E-state index contributed by atoms with van der Waals surface area (Å²) in [5, 5.41) is 5.61. The highest BCUT2D eigenvalue weighted by molar-refractivity contribution is 7.91. The fourth-order valence-electron chi connectivity index (χ4n) is 6.90. The van der Waals surface area contributed by atoms with Crippen molar-refractivity contribution in [2.75, 3.05) is 13.7 Å². The van der Waals surface area contributed by atoms with E-state index in [1.807, 2.05) is 12.2 Å². The van der Waals surface area contributed by atoms with Gasteiger partial charge >= 0.3 is 6.09 Å². The van der Waals surface area contributed by atoms with E-state index in [-0.39, 0.29) is 25.3 Å². The second kappa shape index (κ2) is 14.4. The highest BCUT2D eigenvalue weighted by atomic mass is 32.2. The zero-order valence-electron chi connectivity index (χ0n) is 31.2. The predicted molar refractivity (Wildman–Crippen MR) is 194 cm³/mol. The number of aryl methyl sites for hydroxylation is 1. The maximum absolute atomic E-state index is 14.4. The molecule has 2 aliphatic carbocycles. The molecule has 0 bridgehead atoms. The van der Waals surface area contributed by atoms with Crippen LogP contribution in [0.5, 0.6) is 11.6 Å². The quantitative estimate of drug-likeness (QED) is 0.350. The number of allylic oxidation sites excluding steroid dienone is 1. The van der Waals surface area contributed by atoms with E-state index in [9.17, 15) is 27.6 Å². The molecule has 16 heteroatoms. The van der Waals surface area contributed by atoms with Gasteiger partial charge in [-0.1, -0.05) is 25.0 Å². The molecule has 3 N–H and O–H groups in total. The van der Waals surface area contributed by atoms with Gasteiger partial charge in [0.1, 0.15) is 40.8 Å². The molecule has 0 radical (unpaired) electrons. The number of carbonyl (C=O) groups excluding carboxylic acids is 4. The lowest BCUT2D eigenvalue weighted by Crippen LogP contribution is -2.58. The zero-order chi connectivity index (χ0) is 38.3. The molecule has 1 saturated heterocycles. The summed E-state index contributed by atoms with van der Waals surface area (Å²) in [6.45, 7) is 8.47. The van der Waals surface area contributed by atoms with E-state index >= 15 is 0 Å². The third-order valence-corrected chi connectivity index (χ3v) is 12.6. The Hall–Kier alpha value is -4.47. The van der Waals surface area contributed by atoms with Crippen LogP contribution in [0.15, 0.2) is 30.4 Å². The lowest BCUT2D eigenvalue weighted by molar-refractivity contribution is -0.141. The van der Waals surface area contributed by atoms with Gasteiger partial charge in [-0.3, -0.25) is 19.1 Å². The number of nitrogens with one attached hydrogen (secondary N) is 3. The summed E-state index contributed by atoms with van der Waals surface area (Å²) in [7, 11) is -2.44. The molecule has 6 rings (SSSR count). The predicted octanol–water partition coefficient (Wildman–Crippen LogP) is 3.58. The minimum absolute atomic E-state index is 0.0303. The van der Waals surface area contributed by atoms with Crippen molar-refractivity contribution in [3.8, 4) is 11.6 Å². The number of sulfonamides is 1. The van der Waals surface area contributed by atoms with Crippen LogP contribution in [0.4, 0.5) is 4.79 Å². The van der Waals surface area contributed by atoms with Gasteiger partial charge in [0.2, 0.25) is 27.7 Å². The van der Waals surface area contributed by atoms with Crippen LogP contribution in [0.2, 0.25) is 0 Å². The summed E-state index contributed by atoms with van der Waals surface area (Å²) in [4.78, 5) is 66.2. The molecular weight excluding hydrogens is 705 g/mol. The Morgan fingerprint density at radius 2 is 1.83 bits per heavy atom. The van der Waals surface area contributed by atoms with Crippen LogP contribution in [-0.4, -0.2) is 94.8 Å². The van der Waals surface area contributed by atoms with Gasteiger partial charge in [-0.25, -0.2) is 23.2 Å². The SMILES string of the molecule is COc1ccc2nc(C)c(O[C@@H]3C[C@H]4C(=O)N[C@]5(C(=O)NS(=O)(=O)C6(C)CC6)C[C@H]5/C=C\CCCCC[C@H](NC(=O)OC(C)(C)C)C(=O)N4C3)nc2c1. The highest BCUT2D eigenvalue weighted by Gasteiger charge is 2.63. The molecule has 2 aliphatic heterocycles. The number of carbonyl (C=O) groups is 4. The zero-order valence-corrected chi connectivity index (χ0v) is 32.0. The minimum Gasteiger partial charge on any atom is -0.497 e. The topological polar surface area (TPSA) is 195 Å². The fourth-order valence-corrected chi connectivity index (χ4v) is 8.21. The van der Waals surface area contributed by atoms with Crippen LogP contribution in [-0.2, 0) is 29.1 Å². The van der Waals surface area contributed by atoms with Crippen LogP contribution in [0.3, 0.4) is 0 Å². The molecule has 2 saturated carbocycles. The first-order valence-corrected chi connectivity index (χ1v) is 19.8. The Balaban J connectivity index is 1.31. The van der Waals surface area contributed by atoms with E-state index in [1.165, 1.54) is 4.90 Å². The maximum atomic E-state index is 14.4. The second-order valence-electron chi connectivity index (χ2n) is 15.9. The molecule has 3 fully saturated rings. The summed E-state index contributed by atoms with van der Waals surface area (Å²) in [6.07, 6.45) is 6.58. The van der Waals surface area contributed by atoms with Gasteiger partial charge in [0.25, 0.3) is 5.91 Å². The number of benzene rings is 1. The van der Waals surface area contributed by atoms with E-state index in [0.717, 1.165) is 12.8 Å². The lowest BCUT2D eigenvalue weighted by Gasteiger charge is -2.30. The number of hydrogen-bond donors (Lipinski definition) is 3. The van der Waals surface area contributed by atoms with E-state index in [0.29, 0.717) is 54.6 Å². The fraction of sp³-hybridized carbons (Fsp3) is 0.622. The number of alkyl carbamates (subject to hydrolysis) is 1. The van der Waals surface area contributed by atoms with Gasteiger partial charge in [0, 0.05) is 18.4 Å². The van der Waals surface area contributed by atoms with Gasteiger partial charge < -0.3 is 29.7 Å². The molecule has 3 heterocycles. The van der Waals surface area contributed by atoms with E-state index < -0.39 is 73.8 Å². The largest absolute Gasteiger partial charge is 0.497 e. The van der Waals surface area contributed by atoms with Crippen molar-refractivity contribution in [1.29, 1.82) is 0 Å². The Bertz CT molecular complexity index is 1920. The van der Waals surface area contributed by atoms with Crippen molar-refractivity contribution in [3.05, 3.63) is 36.0 Å². The number of hydrogen-bond acceptors (Lipinski definition) is 11. The molecule has 4 aliphatic rings. The summed E-state index contributed by atoms with van der Waals surface area (Å²) in [5.41, 5.74) is -0.662. The summed E-state index contributed by atoms with van der Waals surface area (Å²) < 4.78 is 44.6. The molecule has 0 unspecified atom stereocenters. The Kier molecular flexibility index (Phi) is 10.4. The summed E-state index contributed by atoms with van der Waals surface area (Å²) in [5.74, 6) is -1.58. The third kappa shape index (κ3) is 8.36. The van der Waals surface area contributed by atoms with Gasteiger partial charge in [-0.2, -0.15) is 0 Å². The average Bonchev–Trinajstić information content (AvgIpc) is 3.96. The molecule has 1 aromatic carbocycles. The van der Waals surface area contributed by atoms with E-state index in [1.54, 1.807) is 59.9 Å². The molecule has 15 nitrogen and oxygen atoms in total. The first-order chi connectivity index (χ1) is 24.9. The molecular formula is C37H50N6O9S. The summed E-state index contributed by atoms with van der Waals surface area (Å²) >= 11 is 0. The Labute approximate surface area is 310 Å². The summed E-state index contributed by atoms with van der Waals surface area (Å²) in [6, 6.07) is 3.16. The van der Waals surface area contributed by atoms with Crippen LogP contribution >= 0.6 is 0 Å². The van der Waals surface area contributed by atoms with Crippen molar-refractivity contribution in [2.24, 2.45) is 5.92 Å². The number of aromatic nitrogens is 2. The number of nitrogens with zero attached hydrogens (tertiary/aromatic N) is 3. The molecule has 5 atom stereocenters. The highest BCUT2D eigenvalue weighted by Crippen LogP contribution is 2.47. The number of rotatable bonds is 7. The van der Waals surface area contributed by atoms with Crippen LogP contribution in [0.1, 0.15) is 91.2 Å². The van der Waals surface area contributed by atoms with Gasteiger partial charge in [-0.15, -0.1) is 0 Å². The van der Waals surface area contributed by atoms with Crippen molar-refractivity contribution >= 4 is 44.9 Å². The molecule has 2 aromatic rings. The third-order valence-electron chi connectivity index (χ3n) is 10.4. The number of amides is 4. The molecule has 0 spiro atoms. The monoisotopic (exact) mass is 754 g/mol. The number of ether oxygens (including phenoxy) is 3. The Morgan fingerprint density at radius 1 is 1.08 bits per heavy atom. The smallest absolute Gasteiger partial charge is 0.408 e. The van der Waals surface area contributed by atoms with Crippen LogP contribution < -0.4 is 24.8 Å². The van der Waals surface area contributed by atoms with Gasteiger partial charge in [0.05, 0.1) is 29.4 Å². The van der Waals surface area contributed by atoms with Gasteiger partial charge in [-0.05, 0) is 85.3 Å². The molecule has 1 aromatic heterocycles. The van der Waals surface area contributed by atoms with Gasteiger partial charge in [0.15, 0.2) is 0 Å². The standard InChI is InChI=1S/C37H50N6O9S/c1-22-31(39-28-18-24(50-6)14-15-26(28)38-22)51-25-19-29-30(44)41-37(33(46)42-53(48,49)36(5)16-17-36)20-23(37)12-10-8-7-9-11-13-27(32(45)43(29)21-25)40-34(47)52-35(2,3)4/h10,12,14-15,18,23,25,27,29H,7-9,11,13,16-17,19-21H2,1-6H3,(H,40,47)(H,41,44)(H,42,46)/b12-10-/t23-,25-,27+,29+,37-/m1/s1. The normalized spacial score (nSPS) is 27.9. The first kappa shape index (κ1) is 38.3. The minimum atomic E-state index is -3.99. The maximum Gasteiger partial charge on any atom is 0.408 e. The van der Waals surface area contributed by atoms with Crippen molar-refractivity contribution in [3.63, 3.8) is 0 Å². The first-order valence-electron chi connectivity index (χ1n) is 18.3. The van der Waals surface area contributed by atoms with Crippen LogP contribution in [0.25, 0.3) is 11.0 Å². The Morgan fingerprint density at radius 3 is 2.53 bits per heavy atom. The number of fused-ring (bicyclic) bond motifs is 3. The van der Waals surface area contributed by atoms with E-state index in [4.69, 9.17) is 14.2 Å². The van der Waals surface area contributed by atoms with E-state index in [2.05, 4.69) is 25.3 Å². The number of methoxy groups -OCH3 is 1. The molecule has 288 valence electrons. The van der Waals surface area contributed by atoms with Crippen molar-refractivity contribution < 1.29 is 41.8 Å². The lowest BCUT2D eigenvalue weighted by atomic mass is 10.0. The second-order valence-corrected chi connectivity index (χ2v) is 18.1.